The number of hydrogen-bond donors (Lipinski definition) is 0. The van der Waals surface area contributed by atoms with Gasteiger partial charge in [0.05, 0.1) is 6.04 Å². The van der Waals surface area contributed by atoms with Gasteiger partial charge >= 0.3 is 0 Å². The van der Waals surface area contributed by atoms with E-state index < -0.39 is 0 Å². The Labute approximate surface area is 177 Å². The summed E-state index contributed by atoms with van der Waals surface area (Å²) in [6, 6.07) is 8.32. The van der Waals surface area contributed by atoms with E-state index >= 15 is 0 Å². The Morgan fingerprint density at radius 1 is 0.967 bits per heavy atom. The minimum absolute atomic E-state index is 0.110. The first-order chi connectivity index (χ1) is 14.7. The quantitative estimate of drug-likeness (QED) is 0.637. The first kappa shape index (κ1) is 19.5. The van der Waals surface area contributed by atoms with Gasteiger partial charge in [0.25, 0.3) is 0 Å². The Balaban J connectivity index is 1.18. The van der Waals surface area contributed by atoms with Crippen LogP contribution in [0.5, 0.6) is 0 Å². The van der Waals surface area contributed by atoms with E-state index in [0.717, 1.165) is 62.6 Å². The molecule has 0 saturated carbocycles. The van der Waals surface area contributed by atoms with Crippen molar-refractivity contribution in [2.24, 2.45) is 0 Å². The molecular weight excluding hydrogens is 378 g/mol. The number of rotatable bonds is 5. The molecule has 1 atom stereocenters. The lowest BCUT2D eigenvalue weighted by molar-refractivity contribution is 0.0832. The van der Waals surface area contributed by atoms with Crippen LogP contribution in [0.25, 0.3) is 11.4 Å². The minimum Gasteiger partial charge on any atom is -0.361 e. The maximum Gasteiger partial charge on any atom is 0.244 e. The third-order valence-corrected chi connectivity index (χ3v) is 6.47. The predicted molar refractivity (Wildman–Crippen MR) is 113 cm³/mol. The maximum atomic E-state index is 5.60. The van der Waals surface area contributed by atoms with Gasteiger partial charge in [-0.05, 0) is 33.1 Å². The maximum absolute atomic E-state index is 5.60. The van der Waals surface area contributed by atoms with Gasteiger partial charge in [0.15, 0.2) is 0 Å². The molecule has 1 aliphatic carbocycles. The molecule has 2 aliphatic rings. The Hall–Kier alpha value is -2.51. The van der Waals surface area contributed by atoms with Gasteiger partial charge in [0.2, 0.25) is 11.7 Å². The van der Waals surface area contributed by atoms with Crippen molar-refractivity contribution < 1.29 is 9.05 Å². The molecule has 7 nitrogen and oxygen atoms in total. The highest BCUT2D eigenvalue weighted by molar-refractivity contribution is 5.54. The molecule has 1 aliphatic heterocycles. The molecule has 0 radical (unpaired) electrons. The van der Waals surface area contributed by atoms with Crippen molar-refractivity contribution in [3.8, 4) is 11.4 Å². The Bertz CT molecular complexity index is 985. The number of fused-ring (bicyclic) bond motifs is 1. The summed E-state index contributed by atoms with van der Waals surface area (Å²) in [6.07, 6.45) is 4.63. The van der Waals surface area contributed by atoms with E-state index in [1.807, 2.05) is 12.1 Å². The normalized spacial score (nSPS) is 19.0. The zero-order valence-electron chi connectivity index (χ0n) is 17.8. The standard InChI is InChI=1S/C23H29N5O2/c1-16-7-9-18(10-8-16)22-24-23(30-26-22)17(2)28-13-11-27(12-14-28)15-20-19-5-3-4-6-21(19)29-25-20/h7-10,17H,3-6,11-15H2,1-2H3. The Morgan fingerprint density at radius 2 is 1.73 bits per heavy atom. The molecule has 0 N–H and O–H groups in total. The smallest absolute Gasteiger partial charge is 0.244 e. The molecular formula is C23H29N5O2. The average Bonchev–Trinajstić information content (AvgIpc) is 3.42. The lowest BCUT2D eigenvalue weighted by Crippen LogP contribution is -2.46. The highest BCUT2D eigenvalue weighted by Crippen LogP contribution is 2.27. The monoisotopic (exact) mass is 407 g/mol. The molecule has 158 valence electrons. The summed E-state index contributed by atoms with van der Waals surface area (Å²) in [6.45, 7) is 9.07. The number of piperazine rings is 1. The van der Waals surface area contributed by atoms with Crippen LogP contribution in [0.2, 0.25) is 0 Å². The van der Waals surface area contributed by atoms with Crippen molar-refractivity contribution in [3.05, 3.63) is 52.7 Å². The van der Waals surface area contributed by atoms with Gasteiger partial charge in [0, 0.05) is 50.3 Å². The van der Waals surface area contributed by atoms with Gasteiger partial charge in [-0.1, -0.05) is 40.1 Å². The fourth-order valence-electron chi connectivity index (χ4n) is 4.47. The summed E-state index contributed by atoms with van der Waals surface area (Å²) < 4.78 is 11.2. The van der Waals surface area contributed by atoms with Crippen molar-refractivity contribution >= 4 is 0 Å². The zero-order chi connectivity index (χ0) is 20.5. The third kappa shape index (κ3) is 3.91. The Morgan fingerprint density at radius 3 is 2.53 bits per heavy atom. The van der Waals surface area contributed by atoms with Crippen LogP contribution in [0.3, 0.4) is 0 Å². The molecule has 7 heteroatoms. The highest BCUT2D eigenvalue weighted by Gasteiger charge is 2.27. The van der Waals surface area contributed by atoms with Gasteiger partial charge < -0.3 is 9.05 Å². The van der Waals surface area contributed by atoms with Crippen LogP contribution in [0, 0.1) is 6.92 Å². The number of aryl methyl sites for hydroxylation is 2. The second-order valence-electron chi connectivity index (χ2n) is 8.55. The van der Waals surface area contributed by atoms with Crippen LogP contribution >= 0.6 is 0 Å². The molecule has 0 bridgehead atoms. The lowest BCUT2D eigenvalue weighted by atomic mass is 9.96. The SMILES string of the molecule is Cc1ccc(-c2noc(C(C)N3CCN(Cc4noc5c4CCCC5)CC3)n2)cc1. The molecule has 0 spiro atoms. The summed E-state index contributed by atoms with van der Waals surface area (Å²) in [5.74, 6) is 2.46. The molecule has 0 amide bonds. The first-order valence-electron chi connectivity index (χ1n) is 11.0. The van der Waals surface area contributed by atoms with Gasteiger partial charge in [-0.15, -0.1) is 0 Å². The third-order valence-electron chi connectivity index (χ3n) is 6.47. The number of nitrogens with zero attached hydrogens (tertiary/aromatic N) is 5. The number of benzene rings is 1. The summed E-state index contributed by atoms with van der Waals surface area (Å²) in [7, 11) is 0. The van der Waals surface area contributed by atoms with Crippen molar-refractivity contribution in [2.75, 3.05) is 26.2 Å². The van der Waals surface area contributed by atoms with Gasteiger partial charge in [0.1, 0.15) is 11.5 Å². The fourth-order valence-corrected chi connectivity index (χ4v) is 4.47. The summed E-state index contributed by atoms with van der Waals surface area (Å²) >= 11 is 0. The predicted octanol–water partition coefficient (Wildman–Crippen LogP) is 3.79. The van der Waals surface area contributed by atoms with E-state index in [4.69, 9.17) is 9.05 Å². The molecule has 5 rings (SSSR count). The minimum atomic E-state index is 0.110. The van der Waals surface area contributed by atoms with E-state index in [-0.39, 0.29) is 6.04 Å². The molecule has 3 heterocycles. The summed E-state index contributed by atoms with van der Waals surface area (Å²) in [5, 5.41) is 8.56. The van der Waals surface area contributed by atoms with Crippen molar-refractivity contribution in [1.82, 2.24) is 25.1 Å². The van der Waals surface area contributed by atoms with Crippen LogP contribution in [-0.2, 0) is 19.4 Å². The van der Waals surface area contributed by atoms with E-state index in [1.165, 1.54) is 24.0 Å². The van der Waals surface area contributed by atoms with Gasteiger partial charge in [-0.2, -0.15) is 4.98 Å². The molecule has 1 aromatic carbocycles. The van der Waals surface area contributed by atoms with Gasteiger partial charge in [-0.25, -0.2) is 0 Å². The second kappa shape index (κ2) is 8.32. The van der Waals surface area contributed by atoms with Crippen LogP contribution in [0.15, 0.2) is 33.3 Å². The van der Waals surface area contributed by atoms with Crippen LogP contribution in [0.4, 0.5) is 0 Å². The Kier molecular flexibility index (Phi) is 5.39. The molecule has 30 heavy (non-hydrogen) atoms. The highest BCUT2D eigenvalue weighted by atomic mass is 16.5. The molecule has 1 unspecified atom stereocenters. The zero-order valence-corrected chi connectivity index (χ0v) is 17.8. The van der Waals surface area contributed by atoms with Crippen molar-refractivity contribution in [2.45, 2.75) is 52.1 Å². The summed E-state index contributed by atoms with van der Waals surface area (Å²) in [5.41, 5.74) is 4.72. The second-order valence-corrected chi connectivity index (χ2v) is 8.55. The van der Waals surface area contributed by atoms with Crippen molar-refractivity contribution in [1.29, 1.82) is 0 Å². The molecule has 1 fully saturated rings. The average molecular weight is 408 g/mol. The van der Waals surface area contributed by atoms with E-state index in [1.54, 1.807) is 0 Å². The molecule has 3 aromatic rings. The van der Waals surface area contributed by atoms with Crippen LogP contribution in [-0.4, -0.2) is 51.3 Å². The van der Waals surface area contributed by atoms with Crippen LogP contribution in [0.1, 0.15) is 54.3 Å². The lowest BCUT2D eigenvalue weighted by Gasteiger charge is -2.36. The van der Waals surface area contributed by atoms with Gasteiger partial charge in [-0.3, -0.25) is 9.80 Å². The van der Waals surface area contributed by atoms with E-state index in [0.29, 0.717) is 11.7 Å². The number of hydrogen-bond acceptors (Lipinski definition) is 7. The molecule has 2 aromatic heterocycles. The summed E-state index contributed by atoms with van der Waals surface area (Å²) in [4.78, 5) is 9.55. The van der Waals surface area contributed by atoms with Crippen molar-refractivity contribution in [3.63, 3.8) is 0 Å². The van der Waals surface area contributed by atoms with E-state index in [2.05, 4.69) is 51.1 Å². The molecule has 1 saturated heterocycles. The first-order valence-corrected chi connectivity index (χ1v) is 11.0. The van der Waals surface area contributed by atoms with Crippen LogP contribution < -0.4 is 0 Å². The topological polar surface area (TPSA) is 71.4 Å². The largest absolute Gasteiger partial charge is 0.361 e. The fraction of sp³-hybridized carbons (Fsp3) is 0.522. The van der Waals surface area contributed by atoms with E-state index in [9.17, 15) is 0 Å². The number of aromatic nitrogens is 3.